The van der Waals surface area contributed by atoms with Gasteiger partial charge in [0.1, 0.15) is 18.3 Å². The zero-order valence-electron chi connectivity index (χ0n) is 22.9. The van der Waals surface area contributed by atoms with Crippen molar-refractivity contribution < 1.29 is 39.1 Å². The summed E-state index contributed by atoms with van der Waals surface area (Å²) in [5.74, 6) is -0.544. The SMILES string of the molecule is COC(=O)c1ccc(CNC(=O)c2cn(-c3nc(N[C@@H]4CCOC4)c4ncn([C@@H]5O[C@H](CO)[C@@H](O)[C@H]5O)c4n3)nn2)cc1. The molecule has 3 aromatic heterocycles. The van der Waals surface area contributed by atoms with E-state index in [1.54, 1.807) is 24.3 Å². The summed E-state index contributed by atoms with van der Waals surface area (Å²) in [7, 11) is 1.30. The molecule has 0 unspecified atom stereocenters. The minimum Gasteiger partial charge on any atom is -0.465 e. The molecule has 2 aliphatic heterocycles. The number of methoxy groups -OCH3 is 1. The molecule has 0 spiro atoms. The lowest BCUT2D eigenvalue weighted by Crippen LogP contribution is -2.33. The van der Waals surface area contributed by atoms with Gasteiger partial charge in [-0.2, -0.15) is 14.6 Å². The first-order valence-electron chi connectivity index (χ1n) is 13.5. The second-order valence-corrected chi connectivity index (χ2v) is 10.0. The van der Waals surface area contributed by atoms with Crippen molar-refractivity contribution in [2.75, 3.05) is 32.2 Å². The molecule has 1 aromatic carbocycles. The lowest BCUT2D eigenvalue weighted by atomic mass is 10.1. The summed E-state index contributed by atoms with van der Waals surface area (Å²) in [5.41, 5.74) is 1.77. The summed E-state index contributed by atoms with van der Waals surface area (Å²) < 4.78 is 18.5. The van der Waals surface area contributed by atoms with E-state index in [-0.39, 0.29) is 29.9 Å². The van der Waals surface area contributed by atoms with E-state index >= 15 is 0 Å². The molecule has 0 bridgehead atoms. The summed E-state index contributed by atoms with van der Waals surface area (Å²) in [4.78, 5) is 38.0. The van der Waals surface area contributed by atoms with Gasteiger partial charge in [0.2, 0.25) is 0 Å². The first-order valence-corrected chi connectivity index (χ1v) is 13.5. The maximum atomic E-state index is 12.8. The number of ether oxygens (including phenoxy) is 3. The molecule has 2 aliphatic rings. The molecule has 4 aromatic rings. The first kappa shape index (κ1) is 28.6. The standard InChI is InChI=1S/C26H29N9O8/c1-41-25(40)14-4-2-13(3-5-14)8-27-23(39)16-9-35(33-32-16)26-30-21(29-15-6-7-42-11-15)18-22(31-26)34(12-28-18)24-20(38)19(37)17(10-36)43-24/h2-5,9,12,15,17,19-20,24,36-38H,6-8,10-11H2,1H3,(H,27,39)(H,29,30,31)/t15-,17-,19-,20-,24-/m1/s1. The van der Waals surface area contributed by atoms with Gasteiger partial charge in [-0.05, 0) is 24.1 Å². The molecule has 2 saturated heterocycles. The molecule has 226 valence electrons. The number of hydrogen-bond acceptors (Lipinski definition) is 14. The third kappa shape index (κ3) is 5.63. The number of carbonyl (C=O) groups excluding carboxylic acids is 2. The van der Waals surface area contributed by atoms with Crippen LogP contribution in [0.4, 0.5) is 5.82 Å². The van der Waals surface area contributed by atoms with Crippen LogP contribution >= 0.6 is 0 Å². The minimum atomic E-state index is -1.36. The van der Waals surface area contributed by atoms with Crippen molar-refractivity contribution in [1.82, 2.24) is 39.8 Å². The highest BCUT2D eigenvalue weighted by atomic mass is 16.6. The Labute approximate surface area is 243 Å². The van der Waals surface area contributed by atoms with E-state index in [1.807, 2.05) is 0 Å². The van der Waals surface area contributed by atoms with E-state index in [1.165, 1.54) is 28.9 Å². The van der Waals surface area contributed by atoms with Crippen LogP contribution in [0.25, 0.3) is 17.1 Å². The van der Waals surface area contributed by atoms with Crippen molar-refractivity contribution in [3.05, 3.63) is 53.6 Å². The second kappa shape index (κ2) is 12.0. The Morgan fingerprint density at radius 1 is 1.16 bits per heavy atom. The average Bonchev–Trinajstić information content (AvgIpc) is 3.84. The van der Waals surface area contributed by atoms with Gasteiger partial charge in [-0.3, -0.25) is 9.36 Å². The Hall–Kier alpha value is -4.55. The number of rotatable bonds is 9. The highest BCUT2D eigenvalue weighted by Gasteiger charge is 2.44. The number of amides is 1. The van der Waals surface area contributed by atoms with Crippen molar-refractivity contribution in [2.45, 2.75) is 43.5 Å². The Morgan fingerprint density at radius 2 is 1.98 bits per heavy atom. The van der Waals surface area contributed by atoms with Crippen LogP contribution in [0.1, 0.15) is 39.1 Å². The van der Waals surface area contributed by atoms with Crippen molar-refractivity contribution in [1.29, 1.82) is 0 Å². The quantitative estimate of drug-likeness (QED) is 0.146. The predicted octanol–water partition coefficient (Wildman–Crippen LogP) is -1.06. The lowest BCUT2D eigenvalue weighted by molar-refractivity contribution is -0.0511. The molecule has 6 rings (SSSR count). The normalized spacial score (nSPS) is 23.5. The van der Waals surface area contributed by atoms with Crippen LogP contribution in [0.15, 0.2) is 36.8 Å². The van der Waals surface area contributed by atoms with Gasteiger partial charge in [-0.25, -0.2) is 9.78 Å². The Morgan fingerprint density at radius 3 is 2.67 bits per heavy atom. The maximum Gasteiger partial charge on any atom is 0.337 e. The van der Waals surface area contributed by atoms with Crippen LogP contribution in [0, 0.1) is 0 Å². The van der Waals surface area contributed by atoms with Gasteiger partial charge >= 0.3 is 5.97 Å². The van der Waals surface area contributed by atoms with Crippen LogP contribution in [0.2, 0.25) is 0 Å². The number of aliphatic hydroxyl groups is 3. The summed E-state index contributed by atoms with van der Waals surface area (Å²) in [6.45, 7) is 0.748. The molecule has 5 heterocycles. The first-order chi connectivity index (χ1) is 20.9. The van der Waals surface area contributed by atoms with Crippen molar-refractivity contribution in [3.8, 4) is 5.95 Å². The van der Waals surface area contributed by atoms with Gasteiger partial charge in [-0.1, -0.05) is 17.3 Å². The summed E-state index contributed by atoms with van der Waals surface area (Å²) in [6.07, 6.45) is -1.23. The van der Waals surface area contributed by atoms with E-state index in [4.69, 9.17) is 14.2 Å². The number of hydrogen-bond donors (Lipinski definition) is 5. The molecule has 5 N–H and O–H groups in total. The highest BCUT2D eigenvalue weighted by Crippen LogP contribution is 2.33. The largest absolute Gasteiger partial charge is 0.465 e. The molecule has 1 amide bonds. The van der Waals surface area contributed by atoms with Gasteiger partial charge < -0.3 is 40.2 Å². The van der Waals surface area contributed by atoms with Gasteiger partial charge in [0.05, 0.1) is 44.5 Å². The second-order valence-electron chi connectivity index (χ2n) is 10.0. The van der Waals surface area contributed by atoms with Crippen LogP contribution in [0.3, 0.4) is 0 Å². The van der Waals surface area contributed by atoms with Crippen LogP contribution in [-0.4, -0.2) is 113 Å². The van der Waals surface area contributed by atoms with E-state index < -0.39 is 43.0 Å². The molecule has 0 saturated carbocycles. The number of esters is 1. The Balaban J connectivity index is 1.26. The summed E-state index contributed by atoms with van der Waals surface area (Å²) in [5, 5.41) is 44.5. The summed E-state index contributed by atoms with van der Waals surface area (Å²) >= 11 is 0. The van der Waals surface area contributed by atoms with E-state index in [9.17, 15) is 24.9 Å². The fraction of sp³-hybridized carbons (Fsp3) is 0.423. The zero-order valence-corrected chi connectivity index (χ0v) is 22.9. The number of anilines is 1. The third-order valence-corrected chi connectivity index (χ3v) is 7.23. The molecule has 0 radical (unpaired) electrons. The van der Waals surface area contributed by atoms with E-state index in [2.05, 4.69) is 35.9 Å². The number of fused-ring (bicyclic) bond motifs is 1. The Kier molecular flexibility index (Phi) is 7.96. The van der Waals surface area contributed by atoms with Gasteiger partial charge in [0, 0.05) is 13.2 Å². The van der Waals surface area contributed by atoms with Crippen LogP contribution < -0.4 is 10.6 Å². The van der Waals surface area contributed by atoms with Gasteiger partial charge in [-0.15, -0.1) is 5.10 Å². The molecule has 17 nitrogen and oxygen atoms in total. The molecule has 17 heteroatoms. The van der Waals surface area contributed by atoms with Crippen LogP contribution in [-0.2, 0) is 20.8 Å². The number of benzene rings is 1. The Bertz CT molecular complexity index is 1620. The van der Waals surface area contributed by atoms with Crippen LogP contribution in [0.5, 0.6) is 0 Å². The maximum absolute atomic E-state index is 12.8. The zero-order chi connectivity index (χ0) is 30.1. The number of aliphatic hydroxyl groups excluding tert-OH is 3. The minimum absolute atomic E-state index is 0.00514. The number of nitrogens with one attached hydrogen (secondary N) is 2. The smallest absolute Gasteiger partial charge is 0.337 e. The van der Waals surface area contributed by atoms with Crippen molar-refractivity contribution in [2.24, 2.45) is 0 Å². The molecular formula is C26H29N9O8. The fourth-order valence-electron chi connectivity index (χ4n) is 4.86. The molecular weight excluding hydrogens is 566 g/mol. The topological polar surface area (TPSA) is 221 Å². The van der Waals surface area contributed by atoms with Crippen molar-refractivity contribution in [3.63, 3.8) is 0 Å². The number of carbonyl (C=O) groups is 2. The average molecular weight is 596 g/mol. The van der Waals surface area contributed by atoms with Gasteiger partial charge in [0.15, 0.2) is 28.9 Å². The van der Waals surface area contributed by atoms with E-state index in [0.29, 0.717) is 30.1 Å². The predicted molar refractivity (Wildman–Crippen MR) is 145 cm³/mol. The van der Waals surface area contributed by atoms with Crippen molar-refractivity contribution >= 4 is 28.9 Å². The monoisotopic (exact) mass is 595 g/mol. The molecule has 0 aliphatic carbocycles. The van der Waals surface area contributed by atoms with E-state index in [0.717, 1.165) is 12.0 Å². The molecule has 43 heavy (non-hydrogen) atoms. The third-order valence-electron chi connectivity index (χ3n) is 7.23. The fourth-order valence-corrected chi connectivity index (χ4v) is 4.86. The summed E-state index contributed by atoms with van der Waals surface area (Å²) in [6, 6.07) is 6.57. The highest BCUT2D eigenvalue weighted by molar-refractivity contribution is 5.92. The lowest BCUT2D eigenvalue weighted by Gasteiger charge is -2.17. The number of imidazole rings is 1. The molecule has 5 atom stereocenters. The number of aromatic nitrogens is 7. The number of nitrogens with zero attached hydrogens (tertiary/aromatic N) is 7. The van der Waals surface area contributed by atoms with Gasteiger partial charge in [0.25, 0.3) is 11.9 Å². The molecule has 2 fully saturated rings.